The van der Waals surface area contributed by atoms with Gasteiger partial charge in [0.25, 0.3) is 0 Å². The number of methoxy groups -OCH3 is 1. The number of fused-ring (bicyclic) bond motifs is 1. The molecular formula is C11H18O3. The molecule has 3 heteroatoms. The highest BCUT2D eigenvalue weighted by Gasteiger charge is 2.52. The molecule has 0 amide bonds. The van der Waals surface area contributed by atoms with Gasteiger partial charge in [0.2, 0.25) is 0 Å². The van der Waals surface area contributed by atoms with Gasteiger partial charge in [-0.15, -0.1) is 0 Å². The van der Waals surface area contributed by atoms with Crippen LogP contribution < -0.4 is 0 Å². The molecule has 0 spiro atoms. The minimum absolute atomic E-state index is 0.0284. The smallest absolute Gasteiger partial charge is 0.151 e. The van der Waals surface area contributed by atoms with Gasteiger partial charge >= 0.3 is 0 Å². The van der Waals surface area contributed by atoms with E-state index in [2.05, 4.69) is 13.8 Å². The summed E-state index contributed by atoms with van der Waals surface area (Å²) < 4.78 is 11.0. The zero-order chi connectivity index (χ0) is 10.3. The number of hydrogen-bond acceptors (Lipinski definition) is 3. The van der Waals surface area contributed by atoms with Crippen LogP contribution in [-0.2, 0) is 14.3 Å². The maximum Gasteiger partial charge on any atom is 0.151 e. The largest absolute Gasteiger partial charge is 0.378 e. The lowest BCUT2D eigenvalue weighted by Gasteiger charge is -2.22. The predicted molar refractivity (Wildman–Crippen MR) is 52.0 cm³/mol. The van der Waals surface area contributed by atoms with Crippen LogP contribution in [0.4, 0.5) is 0 Å². The van der Waals surface area contributed by atoms with Gasteiger partial charge in [0.1, 0.15) is 6.10 Å². The summed E-state index contributed by atoms with van der Waals surface area (Å²) in [5.41, 5.74) is 0.333. The first-order valence-electron chi connectivity index (χ1n) is 5.21. The zero-order valence-corrected chi connectivity index (χ0v) is 9.03. The Labute approximate surface area is 84.8 Å². The first-order valence-corrected chi connectivity index (χ1v) is 5.21. The van der Waals surface area contributed by atoms with E-state index in [1.807, 2.05) is 0 Å². The van der Waals surface area contributed by atoms with Crippen molar-refractivity contribution >= 4 is 6.29 Å². The van der Waals surface area contributed by atoms with Gasteiger partial charge in [-0.25, -0.2) is 0 Å². The Morgan fingerprint density at radius 1 is 1.43 bits per heavy atom. The first kappa shape index (κ1) is 10.1. The van der Waals surface area contributed by atoms with Crippen LogP contribution in [0.5, 0.6) is 0 Å². The average molecular weight is 198 g/mol. The van der Waals surface area contributed by atoms with Crippen molar-refractivity contribution in [2.24, 2.45) is 11.3 Å². The topological polar surface area (TPSA) is 35.5 Å². The average Bonchev–Trinajstić information content (AvgIpc) is 2.55. The second-order valence-corrected chi connectivity index (χ2v) is 5.21. The van der Waals surface area contributed by atoms with E-state index < -0.39 is 0 Å². The third-order valence-electron chi connectivity index (χ3n) is 3.50. The Hall–Kier alpha value is -0.410. The van der Waals surface area contributed by atoms with E-state index in [0.29, 0.717) is 11.3 Å². The Balaban J connectivity index is 2.13. The molecule has 4 atom stereocenters. The van der Waals surface area contributed by atoms with Gasteiger partial charge in [-0.3, -0.25) is 0 Å². The van der Waals surface area contributed by atoms with Crippen molar-refractivity contribution in [2.45, 2.75) is 45.0 Å². The standard InChI is InChI=1S/C11H18O3/c1-11(2)4-7-8(5-11)14-9(6-12)10(7)13-3/h6-10H,4-5H2,1-3H3. The van der Waals surface area contributed by atoms with Gasteiger partial charge < -0.3 is 14.3 Å². The summed E-state index contributed by atoms with van der Waals surface area (Å²) in [7, 11) is 1.66. The second kappa shape index (κ2) is 3.31. The van der Waals surface area contributed by atoms with Crippen LogP contribution in [0.25, 0.3) is 0 Å². The van der Waals surface area contributed by atoms with Crippen LogP contribution in [0.2, 0.25) is 0 Å². The molecule has 1 aliphatic carbocycles. The molecule has 0 N–H and O–H groups in total. The van der Waals surface area contributed by atoms with Gasteiger partial charge in [-0.05, 0) is 18.3 Å². The molecule has 0 aromatic rings. The number of carbonyl (C=O) groups excluding carboxylic acids is 1. The molecule has 1 saturated carbocycles. The molecular weight excluding hydrogens is 180 g/mol. The van der Waals surface area contributed by atoms with Crippen LogP contribution in [0, 0.1) is 11.3 Å². The van der Waals surface area contributed by atoms with Gasteiger partial charge in [0, 0.05) is 13.0 Å². The van der Waals surface area contributed by atoms with Crippen molar-refractivity contribution in [3.05, 3.63) is 0 Å². The van der Waals surface area contributed by atoms with E-state index in [1.54, 1.807) is 7.11 Å². The minimum atomic E-state index is -0.342. The lowest BCUT2D eigenvalue weighted by Crippen LogP contribution is -2.30. The van der Waals surface area contributed by atoms with Gasteiger partial charge in [-0.1, -0.05) is 13.8 Å². The molecule has 80 valence electrons. The highest BCUT2D eigenvalue weighted by molar-refractivity contribution is 5.58. The number of carbonyl (C=O) groups is 1. The lowest BCUT2D eigenvalue weighted by atomic mass is 9.88. The number of hydrogen-bond donors (Lipinski definition) is 0. The van der Waals surface area contributed by atoms with Crippen molar-refractivity contribution in [3.63, 3.8) is 0 Å². The maximum absolute atomic E-state index is 10.8. The molecule has 2 rings (SSSR count). The fourth-order valence-corrected chi connectivity index (χ4v) is 2.97. The summed E-state index contributed by atoms with van der Waals surface area (Å²) in [5.74, 6) is 0.408. The van der Waals surface area contributed by atoms with Crippen LogP contribution in [0.1, 0.15) is 26.7 Å². The summed E-state index contributed by atoms with van der Waals surface area (Å²) in [6, 6.07) is 0. The third kappa shape index (κ3) is 1.48. The first-order chi connectivity index (χ1) is 6.57. The van der Waals surface area contributed by atoms with Gasteiger partial charge in [0.15, 0.2) is 6.29 Å². The molecule has 2 fully saturated rings. The molecule has 1 saturated heterocycles. The van der Waals surface area contributed by atoms with Crippen molar-refractivity contribution in [2.75, 3.05) is 7.11 Å². The molecule has 0 aromatic carbocycles. The van der Waals surface area contributed by atoms with Crippen molar-refractivity contribution < 1.29 is 14.3 Å². The lowest BCUT2D eigenvalue weighted by molar-refractivity contribution is -0.122. The summed E-state index contributed by atoms with van der Waals surface area (Å²) in [6.45, 7) is 4.49. The van der Waals surface area contributed by atoms with E-state index in [4.69, 9.17) is 9.47 Å². The number of ether oxygens (including phenoxy) is 2. The molecule has 2 aliphatic rings. The quantitative estimate of drug-likeness (QED) is 0.629. The Kier molecular flexibility index (Phi) is 2.40. The minimum Gasteiger partial charge on any atom is -0.378 e. The number of aldehydes is 1. The monoisotopic (exact) mass is 198 g/mol. The summed E-state index contributed by atoms with van der Waals surface area (Å²) >= 11 is 0. The van der Waals surface area contributed by atoms with Crippen LogP contribution in [0.3, 0.4) is 0 Å². The van der Waals surface area contributed by atoms with E-state index in [1.165, 1.54) is 0 Å². The highest BCUT2D eigenvalue weighted by atomic mass is 16.6. The SMILES string of the molecule is COC1C(C=O)OC2CC(C)(C)CC21. The highest BCUT2D eigenvalue weighted by Crippen LogP contribution is 2.49. The zero-order valence-electron chi connectivity index (χ0n) is 9.03. The van der Waals surface area contributed by atoms with Crippen molar-refractivity contribution in [1.82, 2.24) is 0 Å². The Bertz CT molecular complexity index is 237. The molecule has 3 nitrogen and oxygen atoms in total. The van der Waals surface area contributed by atoms with Crippen LogP contribution in [-0.4, -0.2) is 31.7 Å². The third-order valence-corrected chi connectivity index (χ3v) is 3.50. The van der Waals surface area contributed by atoms with Crippen LogP contribution >= 0.6 is 0 Å². The molecule has 1 aliphatic heterocycles. The number of rotatable bonds is 2. The molecule has 0 aromatic heterocycles. The Morgan fingerprint density at radius 2 is 2.14 bits per heavy atom. The second-order valence-electron chi connectivity index (χ2n) is 5.21. The summed E-state index contributed by atoms with van der Waals surface area (Å²) in [6.07, 6.45) is 2.87. The van der Waals surface area contributed by atoms with E-state index in [0.717, 1.165) is 19.1 Å². The molecule has 0 bridgehead atoms. The van der Waals surface area contributed by atoms with Crippen LogP contribution in [0.15, 0.2) is 0 Å². The van der Waals surface area contributed by atoms with Crippen molar-refractivity contribution in [3.8, 4) is 0 Å². The normalized spacial score (nSPS) is 45.1. The van der Waals surface area contributed by atoms with E-state index in [9.17, 15) is 4.79 Å². The molecule has 0 radical (unpaired) electrons. The summed E-state index contributed by atoms with van der Waals surface area (Å²) in [5, 5.41) is 0. The van der Waals surface area contributed by atoms with Gasteiger partial charge in [-0.2, -0.15) is 0 Å². The predicted octanol–water partition coefficient (Wildman–Crippen LogP) is 1.40. The van der Waals surface area contributed by atoms with Gasteiger partial charge in [0.05, 0.1) is 12.2 Å². The molecule has 1 heterocycles. The van der Waals surface area contributed by atoms with Crippen molar-refractivity contribution in [1.29, 1.82) is 0 Å². The Morgan fingerprint density at radius 3 is 2.71 bits per heavy atom. The van der Waals surface area contributed by atoms with E-state index in [-0.39, 0.29) is 18.3 Å². The molecule has 14 heavy (non-hydrogen) atoms. The fraction of sp³-hybridized carbons (Fsp3) is 0.909. The van der Waals surface area contributed by atoms with E-state index >= 15 is 0 Å². The fourth-order valence-electron chi connectivity index (χ4n) is 2.97. The molecule has 4 unspecified atom stereocenters. The summed E-state index contributed by atoms with van der Waals surface area (Å²) in [4.78, 5) is 10.8. The maximum atomic E-state index is 10.8.